The first-order valence-electron chi connectivity index (χ1n) is 5.68. The summed E-state index contributed by atoms with van der Waals surface area (Å²) in [4.78, 5) is 14.7. The largest absolute Gasteiger partial charge is 0.341 e. The van der Waals surface area contributed by atoms with Crippen molar-refractivity contribution in [3.05, 3.63) is 52.2 Å². The maximum atomic E-state index is 12.0. The maximum absolute atomic E-state index is 12.0. The van der Waals surface area contributed by atoms with Gasteiger partial charge in [0.15, 0.2) is 0 Å². The van der Waals surface area contributed by atoms with Gasteiger partial charge < -0.3 is 4.90 Å². The van der Waals surface area contributed by atoms with Gasteiger partial charge in [0.2, 0.25) is 5.91 Å². The summed E-state index contributed by atoms with van der Waals surface area (Å²) < 4.78 is 0. The van der Waals surface area contributed by atoms with Crippen molar-refractivity contribution in [1.29, 1.82) is 0 Å². The summed E-state index contributed by atoms with van der Waals surface area (Å²) in [5.74, 6) is 0.133. The lowest BCUT2D eigenvalue weighted by atomic mass is 10.1. The third-order valence-corrected chi connectivity index (χ3v) is 3.75. The van der Waals surface area contributed by atoms with Gasteiger partial charge in [-0.2, -0.15) is 11.3 Å². The summed E-state index contributed by atoms with van der Waals surface area (Å²) in [7, 11) is 1.84. The molecule has 1 aromatic carbocycles. The molecule has 0 aliphatic heterocycles. The van der Waals surface area contributed by atoms with E-state index in [1.54, 1.807) is 16.2 Å². The highest BCUT2D eigenvalue weighted by molar-refractivity contribution is 7.80. The van der Waals surface area contributed by atoms with E-state index < -0.39 is 0 Å². The van der Waals surface area contributed by atoms with E-state index >= 15 is 0 Å². The average Bonchev–Trinajstić information content (AvgIpc) is 2.85. The van der Waals surface area contributed by atoms with E-state index in [9.17, 15) is 4.79 Å². The van der Waals surface area contributed by atoms with Crippen molar-refractivity contribution in [2.24, 2.45) is 0 Å². The smallest absolute Gasteiger partial charge is 0.227 e. The lowest BCUT2D eigenvalue weighted by Crippen LogP contribution is -2.27. The van der Waals surface area contributed by atoms with Crippen molar-refractivity contribution in [1.82, 2.24) is 4.90 Å². The van der Waals surface area contributed by atoms with Crippen LogP contribution >= 0.6 is 24.0 Å². The Morgan fingerprint density at radius 1 is 1.22 bits per heavy atom. The van der Waals surface area contributed by atoms with Crippen LogP contribution in [-0.4, -0.2) is 17.9 Å². The minimum absolute atomic E-state index is 0.133. The monoisotopic (exact) mass is 277 g/mol. The minimum atomic E-state index is 0.133. The molecule has 1 aromatic heterocycles. The van der Waals surface area contributed by atoms with Crippen LogP contribution in [0.3, 0.4) is 0 Å². The predicted molar refractivity (Wildman–Crippen MR) is 78.2 cm³/mol. The first-order valence-corrected chi connectivity index (χ1v) is 7.07. The lowest BCUT2D eigenvalue weighted by molar-refractivity contribution is -0.129. The van der Waals surface area contributed by atoms with Crippen molar-refractivity contribution in [3.8, 4) is 0 Å². The van der Waals surface area contributed by atoms with Gasteiger partial charge in [-0.05, 0) is 40.1 Å². The molecule has 1 heterocycles. The second kappa shape index (κ2) is 6.07. The molecular weight excluding hydrogens is 262 g/mol. The summed E-state index contributed by atoms with van der Waals surface area (Å²) in [5, 5.41) is 4.10. The number of carbonyl (C=O) groups is 1. The Kier molecular flexibility index (Phi) is 4.44. The van der Waals surface area contributed by atoms with E-state index in [1.807, 2.05) is 42.8 Å². The van der Waals surface area contributed by atoms with E-state index in [0.29, 0.717) is 13.0 Å². The number of rotatable bonds is 4. The molecule has 94 valence electrons. The van der Waals surface area contributed by atoms with Crippen LogP contribution in [0, 0.1) is 0 Å². The molecule has 2 aromatic rings. The number of benzene rings is 1. The Labute approximate surface area is 117 Å². The van der Waals surface area contributed by atoms with Gasteiger partial charge in [-0.3, -0.25) is 4.79 Å². The number of carbonyl (C=O) groups excluding carboxylic acids is 1. The molecule has 0 unspecified atom stereocenters. The molecule has 4 heteroatoms. The molecule has 18 heavy (non-hydrogen) atoms. The number of amides is 1. The quantitative estimate of drug-likeness (QED) is 0.851. The SMILES string of the molecule is CN(Cc1ccsc1)C(=O)Cc1ccc(S)cc1. The molecule has 0 aliphatic rings. The van der Waals surface area contributed by atoms with Gasteiger partial charge in [0.25, 0.3) is 0 Å². The zero-order valence-electron chi connectivity index (χ0n) is 10.2. The molecule has 0 fully saturated rings. The molecule has 0 radical (unpaired) electrons. The fourth-order valence-electron chi connectivity index (χ4n) is 1.67. The molecule has 0 aliphatic carbocycles. The van der Waals surface area contributed by atoms with Crippen LogP contribution in [0.15, 0.2) is 46.0 Å². The lowest BCUT2D eigenvalue weighted by Gasteiger charge is -2.16. The topological polar surface area (TPSA) is 20.3 Å². The standard InChI is InChI=1S/C14H15NOS2/c1-15(9-12-6-7-18-10-12)14(16)8-11-2-4-13(17)5-3-11/h2-7,10,17H,8-9H2,1H3. The van der Waals surface area contributed by atoms with E-state index in [0.717, 1.165) is 10.5 Å². The van der Waals surface area contributed by atoms with Gasteiger partial charge in [0.05, 0.1) is 6.42 Å². The van der Waals surface area contributed by atoms with Crippen LogP contribution in [-0.2, 0) is 17.8 Å². The fraction of sp³-hybridized carbons (Fsp3) is 0.214. The minimum Gasteiger partial charge on any atom is -0.341 e. The first-order chi connectivity index (χ1) is 8.65. The summed E-state index contributed by atoms with van der Waals surface area (Å²) in [6.45, 7) is 0.674. The third-order valence-electron chi connectivity index (χ3n) is 2.72. The molecule has 0 atom stereocenters. The average molecular weight is 277 g/mol. The molecule has 0 N–H and O–H groups in total. The van der Waals surface area contributed by atoms with Crippen molar-refractivity contribution < 1.29 is 4.79 Å². The molecule has 0 bridgehead atoms. The number of hydrogen-bond donors (Lipinski definition) is 1. The Morgan fingerprint density at radius 3 is 2.56 bits per heavy atom. The van der Waals surface area contributed by atoms with Crippen molar-refractivity contribution in [3.63, 3.8) is 0 Å². The van der Waals surface area contributed by atoms with Crippen LogP contribution in [0.1, 0.15) is 11.1 Å². The second-order valence-corrected chi connectivity index (χ2v) is 5.52. The number of hydrogen-bond acceptors (Lipinski definition) is 3. The van der Waals surface area contributed by atoms with Gasteiger partial charge in [-0.25, -0.2) is 0 Å². The van der Waals surface area contributed by atoms with Crippen LogP contribution in [0.4, 0.5) is 0 Å². The maximum Gasteiger partial charge on any atom is 0.227 e. The Morgan fingerprint density at radius 2 is 1.94 bits per heavy atom. The van der Waals surface area contributed by atoms with E-state index in [1.165, 1.54) is 5.56 Å². The summed E-state index contributed by atoms with van der Waals surface area (Å²) in [5.41, 5.74) is 2.21. The zero-order valence-corrected chi connectivity index (χ0v) is 11.9. The van der Waals surface area contributed by atoms with Gasteiger partial charge in [0, 0.05) is 18.5 Å². The second-order valence-electron chi connectivity index (χ2n) is 4.22. The van der Waals surface area contributed by atoms with Crippen molar-refractivity contribution in [2.45, 2.75) is 17.9 Å². The Hall–Kier alpha value is -1.26. The molecule has 2 rings (SSSR count). The zero-order chi connectivity index (χ0) is 13.0. The highest BCUT2D eigenvalue weighted by atomic mass is 32.1. The molecule has 0 saturated carbocycles. The number of likely N-dealkylation sites (N-methyl/N-ethyl adjacent to an activating group) is 1. The van der Waals surface area contributed by atoms with E-state index in [4.69, 9.17) is 0 Å². The van der Waals surface area contributed by atoms with Gasteiger partial charge in [0.1, 0.15) is 0 Å². The van der Waals surface area contributed by atoms with Crippen molar-refractivity contribution in [2.75, 3.05) is 7.05 Å². The summed E-state index contributed by atoms with van der Waals surface area (Å²) in [6.07, 6.45) is 0.439. The summed E-state index contributed by atoms with van der Waals surface area (Å²) >= 11 is 5.88. The highest BCUT2D eigenvalue weighted by Gasteiger charge is 2.10. The normalized spacial score (nSPS) is 10.3. The van der Waals surface area contributed by atoms with Crippen molar-refractivity contribution >= 4 is 29.9 Å². The fourth-order valence-corrected chi connectivity index (χ4v) is 2.48. The van der Waals surface area contributed by atoms with Crippen LogP contribution in [0.25, 0.3) is 0 Å². The van der Waals surface area contributed by atoms with E-state index in [2.05, 4.69) is 18.0 Å². The number of thiophene rings is 1. The first kappa shape index (κ1) is 13.2. The van der Waals surface area contributed by atoms with Crippen LogP contribution in [0.5, 0.6) is 0 Å². The molecule has 0 spiro atoms. The van der Waals surface area contributed by atoms with Crippen LogP contribution < -0.4 is 0 Å². The third kappa shape index (κ3) is 3.62. The Balaban J connectivity index is 1.93. The number of nitrogens with zero attached hydrogens (tertiary/aromatic N) is 1. The van der Waals surface area contributed by atoms with Crippen LogP contribution in [0.2, 0.25) is 0 Å². The molecule has 0 saturated heterocycles. The molecular formula is C14H15NOS2. The van der Waals surface area contributed by atoms with Gasteiger partial charge in [-0.1, -0.05) is 12.1 Å². The van der Waals surface area contributed by atoms with E-state index in [-0.39, 0.29) is 5.91 Å². The Bertz CT molecular complexity index is 505. The molecule has 2 nitrogen and oxygen atoms in total. The summed E-state index contributed by atoms with van der Waals surface area (Å²) in [6, 6.07) is 9.75. The molecule has 1 amide bonds. The highest BCUT2D eigenvalue weighted by Crippen LogP contribution is 2.11. The number of thiol groups is 1. The predicted octanol–water partition coefficient (Wildman–Crippen LogP) is 3.24. The van der Waals surface area contributed by atoms with Gasteiger partial charge in [-0.15, -0.1) is 12.6 Å². The van der Waals surface area contributed by atoms with Gasteiger partial charge >= 0.3 is 0 Å².